The summed E-state index contributed by atoms with van der Waals surface area (Å²) in [6.45, 7) is 4.98. The Morgan fingerprint density at radius 3 is 2.57 bits per heavy atom. The largest absolute Gasteiger partial charge is 0.342 e. The molecule has 150 valence electrons. The van der Waals surface area contributed by atoms with Crippen molar-refractivity contribution in [2.45, 2.75) is 32.7 Å². The number of halogens is 1. The molecule has 1 aliphatic heterocycles. The zero-order valence-electron chi connectivity index (χ0n) is 16.6. The van der Waals surface area contributed by atoms with E-state index in [1.54, 1.807) is 6.20 Å². The molecule has 0 saturated carbocycles. The Hall–Kier alpha value is -2.34. The number of carbonyl (C=O) groups excluding carboxylic acids is 2. The van der Waals surface area contributed by atoms with Crippen LogP contribution >= 0.6 is 11.6 Å². The summed E-state index contributed by atoms with van der Waals surface area (Å²) in [7, 11) is 1.90. The van der Waals surface area contributed by atoms with Crippen molar-refractivity contribution < 1.29 is 9.59 Å². The van der Waals surface area contributed by atoms with Crippen molar-refractivity contribution in [1.82, 2.24) is 19.8 Å². The van der Waals surface area contributed by atoms with Gasteiger partial charge in [0.05, 0.1) is 5.92 Å². The lowest BCUT2D eigenvalue weighted by molar-refractivity contribution is -0.138. The molecule has 1 aromatic carbocycles. The van der Waals surface area contributed by atoms with Crippen molar-refractivity contribution in [3.05, 3.63) is 53.1 Å². The van der Waals surface area contributed by atoms with E-state index in [1.807, 2.05) is 60.8 Å². The molecule has 1 saturated heterocycles. The van der Waals surface area contributed by atoms with Crippen LogP contribution in [0.3, 0.4) is 0 Å². The molecule has 0 radical (unpaired) electrons. The van der Waals surface area contributed by atoms with E-state index in [0.29, 0.717) is 11.6 Å². The summed E-state index contributed by atoms with van der Waals surface area (Å²) in [5.74, 6) is 0.532. The third-order valence-corrected chi connectivity index (χ3v) is 5.46. The van der Waals surface area contributed by atoms with E-state index in [9.17, 15) is 9.59 Å². The van der Waals surface area contributed by atoms with Gasteiger partial charge in [-0.3, -0.25) is 9.59 Å². The summed E-state index contributed by atoms with van der Waals surface area (Å²) in [6.07, 6.45) is 5.19. The van der Waals surface area contributed by atoms with E-state index >= 15 is 0 Å². The maximum atomic E-state index is 13.1. The van der Waals surface area contributed by atoms with Gasteiger partial charge in [-0.25, -0.2) is 4.98 Å². The Morgan fingerprint density at radius 2 is 1.96 bits per heavy atom. The Kier molecular flexibility index (Phi) is 6.39. The van der Waals surface area contributed by atoms with Crippen LogP contribution in [0.15, 0.2) is 36.7 Å². The molecule has 1 N–H and O–H groups in total. The molecule has 6 nitrogen and oxygen atoms in total. The van der Waals surface area contributed by atoms with Crippen LogP contribution in [0.5, 0.6) is 0 Å². The maximum Gasteiger partial charge on any atom is 0.225 e. The van der Waals surface area contributed by atoms with Gasteiger partial charge in [0.15, 0.2) is 0 Å². The van der Waals surface area contributed by atoms with E-state index in [1.165, 1.54) is 0 Å². The zero-order valence-corrected chi connectivity index (χ0v) is 17.3. The standard InChI is InChI=1S/C21H27ClN4O2/c1-14(2)21(28)26-11-4-5-16(13-26)20(27)24-18(19-23-10-12-25(19)3)15-6-8-17(22)9-7-15/h6-10,12,14,16,18H,4-5,11,13H2,1-3H3,(H,24,27)/t16-,18-/m0/s1. The second-order valence-electron chi connectivity index (χ2n) is 7.67. The summed E-state index contributed by atoms with van der Waals surface area (Å²) >= 11 is 6.03. The number of nitrogens with zero attached hydrogens (tertiary/aromatic N) is 3. The number of carbonyl (C=O) groups is 2. The summed E-state index contributed by atoms with van der Waals surface area (Å²) < 4.78 is 1.90. The predicted molar refractivity (Wildman–Crippen MR) is 109 cm³/mol. The lowest BCUT2D eigenvalue weighted by Crippen LogP contribution is -2.47. The maximum absolute atomic E-state index is 13.1. The third kappa shape index (κ3) is 4.55. The van der Waals surface area contributed by atoms with Crippen molar-refractivity contribution >= 4 is 23.4 Å². The van der Waals surface area contributed by atoms with Gasteiger partial charge in [-0.05, 0) is 30.5 Å². The first-order valence-electron chi connectivity index (χ1n) is 9.68. The number of nitrogens with one attached hydrogen (secondary N) is 1. The van der Waals surface area contributed by atoms with Crippen LogP contribution in [0.1, 0.15) is 44.1 Å². The van der Waals surface area contributed by atoms with Gasteiger partial charge in [0, 0.05) is 43.5 Å². The molecule has 2 aromatic rings. The first-order valence-corrected chi connectivity index (χ1v) is 10.1. The first kappa shape index (κ1) is 20.4. The number of likely N-dealkylation sites (tertiary alicyclic amines) is 1. The minimum absolute atomic E-state index is 0.0517. The highest BCUT2D eigenvalue weighted by atomic mass is 35.5. The first-order chi connectivity index (χ1) is 13.4. The monoisotopic (exact) mass is 402 g/mol. The minimum atomic E-state index is -0.374. The molecule has 2 amide bonds. The molecule has 1 aromatic heterocycles. The molecule has 0 spiro atoms. The van der Waals surface area contributed by atoms with Crippen LogP contribution < -0.4 is 5.32 Å². The predicted octanol–water partition coefficient (Wildman–Crippen LogP) is 3.17. The fourth-order valence-electron chi connectivity index (χ4n) is 3.62. The van der Waals surface area contributed by atoms with Crippen molar-refractivity contribution in [2.75, 3.05) is 13.1 Å². The number of piperidine rings is 1. The molecule has 1 aliphatic rings. The highest BCUT2D eigenvalue weighted by Crippen LogP contribution is 2.25. The highest BCUT2D eigenvalue weighted by Gasteiger charge is 2.31. The average molecular weight is 403 g/mol. The Balaban J connectivity index is 1.79. The minimum Gasteiger partial charge on any atom is -0.342 e. The molecular formula is C21H27ClN4O2. The number of benzene rings is 1. The van der Waals surface area contributed by atoms with Gasteiger partial charge in [0.25, 0.3) is 0 Å². The number of hydrogen-bond acceptors (Lipinski definition) is 3. The summed E-state index contributed by atoms with van der Waals surface area (Å²) in [6, 6.07) is 7.04. The fraction of sp³-hybridized carbons (Fsp3) is 0.476. The second kappa shape index (κ2) is 8.78. The van der Waals surface area contributed by atoms with Gasteiger partial charge in [-0.2, -0.15) is 0 Å². The van der Waals surface area contributed by atoms with Gasteiger partial charge < -0.3 is 14.8 Å². The number of rotatable bonds is 5. The summed E-state index contributed by atoms with van der Waals surface area (Å²) in [4.78, 5) is 31.7. The molecular weight excluding hydrogens is 376 g/mol. The molecule has 2 atom stereocenters. The van der Waals surface area contributed by atoms with E-state index in [2.05, 4.69) is 10.3 Å². The number of imidazole rings is 1. The van der Waals surface area contributed by atoms with Crippen LogP contribution in [-0.4, -0.2) is 39.4 Å². The van der Waals surface area contributed by atoms with Gasteiger partial charge >= 0.3 is 0 Å². The van der Waals surface area contributed by atoms with Crippen molar-refractivity contribution in [1.29, 1.82) is 0 Å². The van der Waals surface area contributed by atoms with Crippen LogP contribution in [-0.2, 0) is 16.6 Å². The van der Waals surface area contributed by atoms with E-state index in [4.69, 9.17) is 11.6 Å². The van der Waals surface area contributed by atoms with E-state index in [0.717, 1.165) is 30.8 Å². The number of amides is 2. The summed E-state index contributed by atoms with van der Waals surface area (Å²) in [5, 5.41) is 3.79. The molecule has 0 bridgehead atoms. The second-order valence-corrected chi connectivity index (χ2v) is 8.10. The van der Waals surface area contributed by atoms with Gasteiger partial charge in [0.1, 0.15) is 11.9 Å². The number of hydrogen-bond donors (Lipinski definition) is 1. The fourth-order valence-corrected chi connectivity index (χ4v) is 3.75. The molecule has 7 heteroatoms. The molecule has 0 aliphatic carbocycles. The molecule has 2 heterocycles. The smallest absolute Gasteiger partial charge is 0.225 e. The van der Waals surface area contributed by atoms with E-state index < -0.39 is 0 Å². The lowest BCUT2D eigenvalue weighted by Gasteiger charge is -2.34. The Morgan fingerprint density at radius 1 is 1.25 bits per heavy atom. The van der Waals surface area contributed by atoms with Crippen molar-refractivity contribution in [3.63, 3.8) is 0 Å². The van der Waals surface area contributed by atoms with Crippen molar-refractivity contribution in [2.24, 2.45) is 18.9 Å². The van der Waals surface area contributed by atoms with Gasteiger partial charge in [-0.1, -0.05) is 37.6 Å². The molecule has 3 rings (SSSR count). The van der Waals surface area contributed by atoms with E-state index in [-0.39, 0.29) is 29.7 Å². The van der Waals surface area contributed by atoms with Crippen LogP contribution in [0, 0.1) is 11.8 Å². The summed E-state index contributed by atoms with van der Waals surface area (Å²) in [5.41, 5.74) is 0.915. The van der Waals surface area contributed by atoms with Gasteiger partial charge in [-0.15, -0.1) is 0 Å². The van der Waals surface area contributed by atoms with Crippen LogP contribution in [0.2, 0.25) is 5.02 Å². The molecule has 28 heavy (non-hydrogen) atoms. The average Bonchev–Trinajstić information content (AvgIpc) is 3.11. The quantitative estimate of drug-likeness (QED) is 0.835. The van der Waals surface area contributed by atoms with Crippen molar-refractivity contribution in [3.8, 4) is 0 Å². The topological polar surface area (TPSA) is 67.2 Å². The Bertz CT molecular complexity index is 831. The van der Waals surface area contributed by atoms with Gasteiger partial charge in [0.2, 0.25) is 11.8 Å². The van der Waals surface area contributed by atoms with Crippen LogP contribution in [0.25, 0.3) is 0 Å². The lowest BCUT2D eigenvalue weighted by atomic mass is 9.95. The van der Waals surface area contributed by atoms with Crippen LogP contribution in [0.4, 0.5) is 0 Å². The Labute approximate surface area is 170 Å². The third-order valence-electron chi connectivity index (χ3n) is 5.20. The molecule has 1 fully saturated rings. The number of aromatic nitrogens is 2. The molecule has 0 unspecified atom stereocenters. The number of aryl methyl sites for hydroxylation is 1. The SMILES string of the molecule is CC(C)C(=O)N1CCC[C@H](C(=O)N[C@@H](c2ccc(Cl)cc2)c2nccn2C)C1. The normalized spacial score (nSPS) is 18.2. The highest BCUT2D eigenvalue weighted by molar-refractivity contribution is 6.30. The zero-order chi connectivity index (χ0) is 20.3.